The number of hydrogen-bond acceptors (Lipinski definition) is 7. The van der Waals surface area contributed by atoms with Gasteiger partial charge in [-0.2, -0.15) is 0 Å². The molecule has 0 amide bonds. The average molecular weight is 819 g/mol. The molecule has 0 aliphatic rings. The van der Waals surface area contributed by atoms with Gasteiger partial charge in [0.1, 0.15) is 11.6 Å². The van der Waals surface area contributed by atoms with Gasteiger partial charge in [0.15, 0.2) is 5.78 Å². The quantitative estimate of drug-likeness (QED) is 0.110. The van der Waals surface area contributed by atoms with Crippen LogP contribution in [0.15, 0.2) is 133 Å². The van der Waals surface area contributed by atoms with Gasteiger partial charge in [-0.3, -0.25) is 24.4 Å². The fraction of sp³-hybridized carbons (Fsp3) is 0.352. The van der Waals surface area contributed by atoms with E-state index in [-0.39, 0.29) is 29.2 Å². The zero-order valence-corrected chi connectivity index (χ0v) is 38.4. The summed E-state index contributed by atoms with van der Waals surface area (Å²) in [4.78, 5) is 44.7. The van der Waals surface area contributed by atoms with Crippen LogP contribution in [0.1, 0.15) is 101 Å². The van der Waals surface area contributed by atoms with E-state index in [2.05, 4.69) is 96.7 Å². The van der Waals surface area contributed by atoms with Crippen LogP contribution in [0, 0.1) is 21.7 Å². The van der Waals surface area contributed by atoms with Crippen molar-refractivity contribution in [3.63, 3.8) is 0 Å². The first-order chi connectivity index (χ1) is 28.5. The molecule has 2 aromatic heterocycles. The van der Waals surface area contributed by atoms with Crippen LogP contribution in [0.3, 0.4) is 0 Å². The fourth-order valence-corrected chi connectivity index (χ4v) is 6.13. The summed E-state index contributed by atoms with van der Waals surface area (Å²) in [7, 11) is 0. The van der Waals surface area contributed by atoms with Gasteiger partial charge < -0.3 is 11.1 Å². The van der Waals surface area contributed by atoms with Gasteiger partial charge in [0, 0.05) is 80.8 Å². The highest BCUT2D eigenvalue weighted by atomic mass is 16.2. The Bertz CT molecular complexity index is 2450. The Morgan fingerprint density at radius 3 is 1.41 bits per heavy atom. The lowest BCUT2D eigenvalue weighted by Gasteiger charge is -2.26. The van der Waals surface area contributed by atoms with Gasteiger partial charge in [-0.05, 0) is 46.2 Å². The number of carbonyl (C=O) groups excluding carboxylic acids is 3. The SMILES string of the molecule is CC(C)(C)C(=O)/C=C(\NCc1cccc(-c2nccc3ccccc23)c1)C(C)(C)C.CC(C)(C)C(=O)CC(=O)C(C)(C)C.NCc1cccc(-c2nccc3ccccc23)c1. The van der Waals surface area contributed by atoms with Crippen molar-refractivity contribution < 1.29 is 14.4 Å². The largest absolute Gasteiger partial charge is 0.384 e. The molecule has 0 radical (unpaired) electrons. The maximum absolute atomic E-state index is 12.6. The van der Waals surface area contributed by atoms with Crippen LogP contribution in [-0.4, -0.2) is 27.3 Å². The molecule has 6 aromatic rings. The van der Waals surface area contributed by atoms with Crippen LogP contribution in [0.25, 0.3) is 44.1 Å². The van der Waals surface area contributed by atoms with E-state index in [4.69, 9.17) is 5.73 Å². The van der Waals surface area contributed by atoms with Crippen molar-refractivity contribution >= 4 is 38.9 Å². The van der Waals surface area contributed by atoms with Gasteiger partial charge in [-0.25, -0.2) is 0 Å². The molecule has 6 rings (SSSR count). The molecule has 320 valence electrons. The molecule has 4 aromatic carbocycles. The monoisotopic (exact) mass is 819 g/mol. The van der Waals surface area contributed by atoms with Crippen LogP contribution in [0.2, 0.25) is 0 Å². The van der Waals surface area contributed by atoms with Crippen LogP contribution >= 0.6 is 0 Å². The van der Waals surface area contributed by atoms with Crippen molar-refractivity contribution in [3.8, 4) is 22.5 Å². The van der Waals surface area contributed by atoms with Crippen molar-refractivity contribution in [1.29, 1.82) is 0 Å². The minimum Gasteiger partial charge on any atom is -0.384 e. The van der Waals surface area contributed by atoms with Gasteiger partial charge >= 0.3 is 0 Å². The number of allylic oxidation sites excluding steroid dienone is 2. The summed E-state index contributed by atoms with van der Waals surface area (Å²) in [5, 5.41) is 8.23. The number of hydrogen-bond donors (Lipinski definition) is 2. The number of ketones is 3. The molecule has 0 aliphatic heterocycles. The van der Waals surface area contributed by atoms with Gasteiger partial charge in [0.05, 0.1) is 17.8 Å². The molecular formula is C54H66N4O3. The first-order valence-corrected chi connectivity index (χ1v) is 21.1. The van der Waals surface area contributed by atoms with Crippen molar-refractivity contribution in [3.05, 3.63) is 144 Å². The van der Waals surface area contributed by atoms with Gasteiger partial charge in [-0.15, -0.1) is 0 Å². The lowest BCUT2D eigenvalue weighted by atomic mass is 9.82. The summed E-state index contributed by atoms with van der Waals surface area (Å²) in [6, 6.07) is 37.4. The van der Waals surface area contributed by atoms with Gasteiger partial charge in [0.25, 0.3) is 0 Å². The zero-order chi connectivity index (χ0) is 45.2. The average Bonchev–Trinajstić information content (AvgIpc) is 3.21. The molecule has 2 heterocycles. The second-order valence-corrected chi connectivity index (χ2v) is 19.7. The topological polar surface area (TPSA) is 115 Å². The molecule has 0 saturated carbocycles. The molecule has 61 heavy (non-hydrogen) atoms. The molecular weight excluding hydrogens is 753 g/mol. The van der Waals surface area contributed by atoms with Gasteiger partial charge in [0.2, 0.25) is 0 Å². The van der Waals surface area contributed by atoms with E-state index in [0.717, 1.165) is 44.7 Å². The second-order valence-electron chi connectivity index (χ2n) is 19.7. The number of nitrogens with one attached hydrogen (secondary N) is 1. The Hall–Kier alpha value is -5.79. The van der Waals surface area contributed by atoms with Crippen LogP contribution in [0.4, 0.5) is 0 Å². The maximum atomic E-state index is 12.6. The number of nitrogens with zero attached hydrogens (tertiary/aromatic N) is 2. The Kier molecular flexibility index (Phi) is 15.8. The standard InChI is InChI=1S/C27H32N2O.C16H14N2.C11H20O2/c1-26(2,3)23(17-24(30)27(4,5)6)29-18-19-10-9-12-21(16-19)25-22-13-8-7-11-20(22)14-15-28-25;17-11-12-4-3-6-14(10-12)16-15-7-2-1-5-13(15)8-9-18-16;1-10(2,3)8(12)7-9(13)11(4,5)6/h7-17,29H,18H2,1-6H3;1-10H,11,17H2;7H2,1-6H3/b23-17-;;. The van der Waals surface area contributed by atoms with E-state index >= 15 is 0 Å². The minimum absolute atomic E-state index is 0.0208. The molecule has 7 nitrogen and oxygen atoms in total. The summed E-state index contributed by atoms with van der Waals surface area (Å²) >= 11 is 0. The predicted octanol–water partition coefficient (Wildman–Crippen LogP) is 12.5. The number of nitrogens with two attached hydrogens (primary N) is 1. The van der Waals surface area contributed by atoms with Crippen molar-refractivity contribution in [1.82, 2.24) is 15.3 Å². The van der Waals surface area contributed by atoms with Crippen molar-refractivity contribution in [2.24, 2.45) is 27.4 Å². The third-order valence-corrected chi connectivity index (χ3v) is 10.3. The number of pyridine rings is 2. The second kappa shape index (κ2) is 20.2. The highest BCUT2D eigenvalue weighted by Gasteiger charge is 2.29. The molecule has 3 N–H and O–H groups in total. The number of Topliss-reactive ketones (excluding diaryl/α,β-unsaturated/α-hetero) is 2. The molecule has 0 unspecified atom stereocenters. The van der Waals surface area contributed by atoms with E-state index in [1.54, 1.807) is 6.08 Å². The van der Waals surface area contributed by atoms with Crippen molar-refractivity contribution in [2.45, 2.75) is 103 Å². The minimum atomic E-state index is -0.402. The first-order valence-electron chi connectivity index (χ1n) is 21.1. The summed E-state index contributed by atoms with van der Waals surface area (Å²) in [5.74, 6) is 0.175. The number of fused-ring (bicyclic) bond motifs is 2. The predicted molar refractivity (Wildman–Crippen MR) is 255 cm³/mol. The third kappa shape index (κ3) is 13.9. The van der Waals surface area contributed by atoms with E-state index < -0.39 is 16.2 Å². The van der Waals surface area contributed by atoms with E-state index in [1.165, 1.54) is 16.2 Å². The molecule has 0 atom stereocenters. The van der Waals surface area contributed by atoms with Gasteiger partial charge in [-0.1, -0.05) is 168 Å². The Balaban J connectivity index is 0.000000224. The number of aromatic nitrogens is 2. The van der Waals surface area contributed by atoms with Crippen LogP contribution in [-0.2, 0) is 27.5 Å². The molecule has 0 saturated heterocycles. The lowest BCUT2D eigenvalue weighted by molar-refractivity contribution is -0.135. The first kappa shape index (κ1) is 47.9. The molecule has 0 spiro atoms. The zero-order valence-electron chi connectivity index (χ0n) is 38.4. The van der Waals surface area contributed by atoms with Crippen molar-refractivity contribution in [2.75, 3.05) is 0 Å². The summed E-state index contributed by atoms with van der Waals surface area (Å²) in [6.45, 7) is 24.5. The summed E-state index contributed by atoms with van der Waals surface area (Å²) in [5.41, 5.74) is 11.8. The maximum Gasteiger partial charge on any atom is 0.162 e. The number of benzene rings is 4. The van der Waals surface area contributed by atoms with E-state index in [9.17, 15) is 14.4 Å². The molecule has 7 heteroatoms. The Morgan fingerprint density at radius 2 is 0.984 bits per heavy atom. The Labute approximate surface area is 364 Å². The highest BCUT2D eigenvalue weighted by molar-refractivity contribution is 6.03. The van der Waals surface area contributed by atoms with E-state index in [1.807, 2.05) is 123 Å². The lowest BCUT2D eigenvalue weighted by Crippen LogP contribution is -2.28. The smallest absolute Gasteiger partial charge is 0.162 e. The normalized spacial score (nSPS) is 12.2. The molecule has 0 bridgehead atoms. The molecule has 0 aliphatic carbocycles. The fourth-order valence-electron chi connectivity index (χ4n) is 6.13. The van der Waals surface area contributed by atoms with E-state index in [0.29, 0.717) is 13.1 Å². The Morgan fingerprint density at radius 1 is 0.541 bits per heavy atom. The molecule has 0 fully saturated rings. The summed E-state index contributed by atoms with van der Waals surface area (Å²) < 4.78 is 0. The van der Waals surface area contributed by atoms with Crippen LogP contribution in [0.5, 0.6) is 0 Å². The summed E-state index contributed by atoms with van der Waals surface area (Å²) in [6.07, 6.45) is 5.55. The third-order valence-electron chi connectivity index (χ3n) is 10.3. The highest BCUT2D eigenvalue weighted by Crippen LogP contribution is 2.30. The number of carbonyl (C=O) groups is 3. The number of rotatable bonds is 9. The van der Waals surface area contributed by atoms with Crippen LogP contribution < -0.4 is 11.1 Å².